The molecule has 7 heteroatoms. The number of rotatable bonds is 6. The third-order valence-electron chi connectivity index (χ3n) is 7.46. The first-order valence-corrected chi connectivity index (χ1v) is 12.8. The third kappa shape index (κ3) is 5.09. The standard InChI is InChI=1S/C28H37N7/c1-20-6-7-23(28(2,3)4)16-22(20)17-24-25-26(30-19-33(25)5)32-27(31-24)35-13-9-21(10-14-35)8-12-34-15-11-29-18-34/h6-7,11,15-16,18-19,21H,8-10,12-14,17H2,1-5H3. The van der Waals surface area contributed by atoms with Gasteiger partial charge >= 0.3 is 0 Å². The van der Waals surface area contributed by atoms with Crippen LogP contribution in [-0.2, 0) is 25.4 Å². The van der Waals surface area contributed by atoms with E-state index in [-0.39, 0.29) is 5.41 Å². The maximum Gasteiger partial charge on any atom is 0.227 e. The number of imidazole rings is 2. The van der Waals surface area contributed by atoms with Crippen molar-refractivity contribution in [3.8, 4) is 0 Å². The molecule has 35 heavy (non-hydrogen) atoms. The van der Waals surface area contributed by atoms with Crippen molar-refractivity contribution in [2.45, 2.75) is 65.3 Å². The molecule has 7 nitrogen and oxygen atoms in total. The van der Waals surface area contributed by atoms with Crippen molar-refractivity contribution in [1.29, 1.82) is 0 Å². The van der Waals surface area contributed by atoms with E-state index in [1.807, 2.05) is 32.1 Å². The molecular weight excluding hydrogens is 434 g/mol. The minimum atomic E-state index is 0.114. The van der Waals surface area contributed by atoms with Crippen LogP contribution in [0, 0.1) is 12.8 Å². The van der Waals surface area contributed by atoms with Gasteiger partial charge in [-0.25, -0.2) is 15.0 Å². The van der Waals surface area contributed by atoms with Crippen LogP contribution in [0.15, 0.2) is 43.2 Å². The number of hydrogen-bond donors (Lipinski definition) is 0. The van der Waals surface area contributed by atoms with Gasteiger partial charge in [-0.1, -0.05) is 39.0 Å². The molecule has 0 saturated carbocycles. The van der Waals surface area contributed by atoms with E-state index in [0.717, 1.165) is 54.8 Å². The second-order valence-electron chi connectivity index (χ2n) is 11.1. The van der Waals surface area contributed by atoms with E-state index in [1.54, 1.807) is 0 Å². The van der Waals surface area contributed by atoms with Crippen molar-refractivity contribution >= 4 is 17.1 Å². The zero-order chi connectivity index (χ0) is 24.6. The largest absolute Gasteiger partial charge is 0.341 e. The average Bonchev–Trinajstić information content (AvgIpc) is 3.49. The quantitative estimate of drug-likeness (QED) is 0.393. The third-order valence-corrected chi connectivity index (χ3v) is 7.46. The predicted molar refractivity (Wildman–Crippen MR) is 141 cm³/mol. The molecule has 0 N–H and O–H groups in total. The van der Waals surface area contributed by atoms with Gasteiger partial charge in [0.05, 0.1) is 18.3 Å². The van der Waals surface area contributed by atoms with Gasteiger partial charge in [0.25, 0.3) is 0 Å². The molecule has 4 aromatic rings. The number of benzene rings is 1. The van der Waals surface area contributed by atoms with Crippen molar-refractivity contribution in [3.05, 3.63) is 65.6 Å². The SMILES string of the molecule is Cc1ccc(C(C)(C)C)cc1Cc1nc(N2CCC(CCn3ccnc3)CC2)nc2ncn(C)c12. The molecule has 4 heterocycles. The fraction of sp³-hybridized carbons (Fsp3) is 0.500. The first-order chi connectivity index (χ1) is 16.8. The summed E-state index contributed by atoms with van der Waals surface area (Å²) in [6, 6.07) is 6.85. The molecule has 184 valence electrons. The Hall–Kier alpha value is -3.22. The van der Waals surface area contributed by atoms with Crippen molar-refractivity contribution in [2.24, 2.45) is 13.0 Å². The highest BCUT2D eigenvalue weighted by Gasteiger charge is 2.23. The maximum atomic E-state index is 5.14. The zero-order valence-electron chi connectivity index (χ0n) is 21.7. The Kier molecular flexibility index (Phi) is 6.34. The molecule has 0 radical (unpaired) electrons. The summed E-state index contributed by atoms with van der Waals surface area (Å²) >= 11 is 0. The van der Waals surface area contributed by atoms with Gasteiger partial charge < -0.3 is 14.0 Å². The van der Waals surface area contributed by atoms with Crippen molar-refractivity contribution in [3.63, 3.8) is 0 Å². The second kappa shape index (κ2) is 9.44. The summed E-state index contributed by atoms with van der Waals surface area (Å²) in [6.45, 7) is 12.0. The van der Waals surface area contributed by atoms with E-state index < -0.39 is 0 Å². The van der Waals surface area contributed by atoms with Gasteiger partial charge in [0.15, 0.2) is 5.65 Å². The van der Waals surface area contributed by atoms with Gasteiger partial charge in [-0.05, 0) is 54.2 Å². The van der Waals surface area contributed by atoms with E-state index in [2.05, 4.69) is 69.9 Å². The van der Waals surface area contributed by atoms with Gasteiger partial charge in [-0.2, -0.15) is 4.98 Å². The van der Waals surface area contributed by atoms with Crippen LogP contribution in [-0.4, -0.2) is 42.2 Å². The molecule has 1 saturated heterocycles. The van der Waals surface area contributed by atoms with Crippen molar-refractivity contribution < 1.29 is 0 Å². The number of fused-ring (bicyclic) bond motifs is 1. The summed E-state index contributed by atoms with van der Waals surface area (Å²) in [7, 11) is 2.03. The summed E-state index contributed by atoms with van der Waals surface area (Å²) in [5.74, 6) is 1.55. The Balaban J connectivity index is 1.37. The van der Waals surface area contributed by atoms with Crippen molar-refractivity contribution in [1.82, 2.24) is 29.1 Å². The van der Waals surface area contributed by atoms with E-state index in [1.165, 1.54) is 36.0 Å². The van der Waals surface area contributed by atoms with E-state index >= 15 is 0 Å². The highest BCUT2D eigenvalue weighted by Crippen LogP contribution is 2.29. The summed E-state index contributed by atoms with van der Waals surface area (Å²) < 4.78 is 4.23. The Labute approximate surface area is 208 Å². The maximum absolute atomic E-state index is 5.14. The number of aromatic nitrogens is 6. The number of piperidine rings is 1. The molecule has 5 rings (SSSR count). The molecule has 3 aromatic heterocycles. The Morgan fingerprint density at radius 3 is 2.57 bits per heavy atom. The van der Waals surface area contributed by atoms with E-state index in [4.69, 9.17) is 9.97 Å². The number of anilines is 1. The molecule has 0 spiro atoms. The molecule has 0 unspecified atom stereocenters. The van der Waals surface area contributed by atoms with Gasteiger partial charge in [0.2, 0.25) is 5.95 Å². The molecule has 0 aliphatic carbocycles. The lowest BCUT2D eigenvalue weighted by Gasteiger charge is -2.32. The number of hydrogen-bond acceptors (Lipinski definition) is 5. The van der Waals surface area contributed by atoms with E-state index in [0.29, 0.717) is 0 Å². The monoisotopic (exact) mass is 471 g/mol. The molecule has 1 aromatic carbocycles. The highest BCUT2D eigenvalue weighted by atomic mass is 15.3. The highest BCUT2D eigenvalue weighted by molar-refractivity contribution is 5.75. The minimum absolute atomic E-state index is 0.114. The lowest BCUT2D eigenvalue weighted by atomic mass is 9.84. The zero-order valence-corrected chi connectivity index (χ0v) is 21.7. The Morgan fingerprint density at radius 1 is 1.06 bits per heavy atom. The van der Waals surface area contributed by atoms with Gasteiger partial charge in [-0.3, -0.25) is 0 Å². The lowest BCUT2D eigenvalue weighted by Crippen LogP contribution is -2.35. The van der Waals surface area contributed by atoms with Crippen molar-refractivity contribution in [2.75, 3.05) is 18.0 Å². The lowest BCUT2D eigenvalue weighted by molar-refractivity contribution is 0.359. The van der Waals surface area contributed by atoms with Gasteiger partial charge in [-0.15, -0.1) is 0 Å². The molecule has 0 amide bonds. The fourth-order valence-corrected chi connectivity index (χ4v) is 5.07. The van der Waals surface area contributed by atoms with Crippen LogP contribution in [0.25, 0.3) is 11.2 Å². The van der Waals surface area contributed by atoms with Crippen LogP contribution in [0.3, 0.4) is 0 Å². The topological polar surface area (TPSA) is 64.7 Å². The summed E-state index contributed by atoms with van der Waals surface area (Å²) in [5.41, 5.74) is 6.97. The van der Waals surface area contributed by atoms with Gasteiger partial charge in [0, 0.05) is 45.5 Å². The molecule has 0 bridgehead atoms. The van der Waals surface area contributed by atoms with Crippen LogP contribution < -0.4 is 4.90 Å². The second-order valence-corrected chi connectivity index (χ2v) is 11.1. The van der Waals surface area contributed by atoms with Crippen LogP contribution >= 0.6 is 0 Å². The molecular formula is C28H37N7. The predicted octanol–water partition coefficient (Wildman–Crippen LogP) is 5.06. The minimum Gasteiger partial charge on any atom is -0.341 e. The first kappa shape index (κ1) is 23.5. The Morgan fingerprint density at radius 2 is 1.86 bits per heavy atom. The Bertz CT molecular complexity index is 1290. The summed E-state index contributed by atoms with van der Waals surface area (Å²) in [6.07, 6.45) is 12.0. The van der Waals surface area contributed by atoms with Crippen LogP contribution in [0.1, 0.15) is 62.4 Å². The van der Waals surface area contributed by atoms with Crippen LogP contribution in [0.5, 0.6) is 0 Å². The average molecular weight is 472 g/mol. The molecule has 1 aliphatic heterocycles. The fourth-order valence-electron chi connectivity index (χ4n) is 5.07. The van der Waals surface area contributed by atoms with E-state index in [9.17, 15) is 0 Å². The molecule has 0 atom stereocenters. The summed E-state index contributed by atoms with van der Waals surface area (Å²) in [5, 5.41) is 0. The first-order valence-electron chi connectivity index (χ1n) is 12.8. The number of nitrogens with zero attached hydrogens (tertiary/aromatic N) is 7. The van der Waals surface area contributed by atoms with Gasteiger partial charge in [0.1, 0.15) is 5.52 Å². The molecule has 1 fully saturated rings. The smallest absolute Gasteiger partial charge is 0.227 e. The number of aryl methyl sites for hydroxylation is 3. The van der Waals surface area contributed by atoms with Crippen LogP contribution in [0.2, 0.25) is 0 Å². The molecule has 1 aliphatic rings. The van der Waals surface area contributed by atoms with Crippen LogP contribution in [0.4, 0.5) is 5.95 Å². The normalized spacial score (nSPS) is 15.3. The summed E-state index contributed by atoms with van der Waals surface area (Å²) in [4.78, 5) is 21.1.